The normalized spacial score (nSPS) is 12.0. The zero-order chi connectivity index (χ0) is 21.2. The van der Waals surface area contributed by atoms with Crippen molar-refractivity contribution in [3.8, 4) is 11.8 Å². The lowest BCUT2D eigenvalue weighted by Gasteiger charge is -2.10. The minimum Gasteiger partial charge on any atom is -0.260 e. The van der Waals surface area contributed by atoms with E-state index >= 15 is 0 Å². The second kappa shape index (κ2) is 7.69. The number of rotatable bonds is 5. The van der Waals surface area contributed by atoms with Gasteiger partial charge in [0, 0.05) is 6.20 Å². The number of halogens is 3. The first-order valence-electron chi connectivity index (χ1n) is 8.22. The van der Waals surface area contributed by atoms with Gasteiger partial charge in [0.1, 0.15) is 6.61 Å². The van der Waals surface area contributed by atoms with Crippen molar-refractivity contribution in [3.05, 3.63) is 77.1 Å². The van der Waals surface area contributed by atoms with E-state index in [0.29, 0.717) is 0 Å². The van der Waals surface area contributed by atoms with E-state index in [-0.39, 0.29) is 22.9 Å². The Hall–Kier alpha value is -3.16. The first-order chi connectivity index (χ1) is 13.6. The molecule has 0 N–H and O–H groups in total. The Morgan fingerprint density at radius 3 is 2.45 bits per heavy atom. The van der Waals surface area contributed by atoms with Gasteiger partial charge in [-0.15, -0.1) is 0 Å². The van der Waals surface area contributed by atoms with Gasteiger partial charge >= 0.3 is 6.18 Å². The molecule has 0 aliphatic heterocycles. The monoisotopic (exact) mass is 421 g/mol. The molecule has 0 radical (unpaired) electrons. The Morgan fingerprint density at radius 1 is 1.14 bits per heavy atom. The number of hydrogen-bond donors (Lipinski definition) is 0. The van der Waals surface area contributed by atoms with Crippen LogP contribution in [0.5, 0.6) is 0 Å². The summed E-state index contributed by atoms with van der Waals surface area (Å²) in [6, 6.07) is 12.2. The van der Waals surface area contributed by atoms with E-state index in [9.17, 15) is 21.6 Å². The van der Waals surface area contributed by atoms with Crippen LogP contribution in [-0.4, -0.2) is 18.2 Å². The molecule has 6 nitrogen and oxygen atoms in total. The smallest absolute Gasteiger partial charge is 0.260 e. The number of benzene rings is 2. The number of alkyl halides is 3. The van der Waals surface area contributed by atoms with Gasteiger partial charge in [-0.2, -0.15) is 31.9 Å². The molecule has 29 heavy (non-hydrogen) atoms. The summed E-state index contributed by atoms with van der Waals surface area (Å²) in [6.45, 7) is 1.43. The number of aryl methyl sites for hydroxylation is 1. The molecule has 0 unspecified atom stereocenters. The van der Waals surface area contributed by atoms with Crippen molar-refractivity contribution in [1.29, 1.82) is 5.26 Å². The zero-order valence-corrected chi connectivity index (χ0v) is 15.8. The maximum Gasteiger partial charge on any atom is 0.417 e. The van der Waals surface area contributed by atoms with Crippen LogP contribution < -0.4 is 0 Å². The van der Waals surface area contributed by atoms with Crippen LogP contribution >= 0.6 is 0 Å². The minimum atomic E-state index is -4.69. The fraction of sp³-hybridized carbons (Fsp3) is 0.158. The largest absolute Gasteiger partial charge is 0.417 e. The molecular weight excluding hydrogens is 407 g/mol. The predicted octanol–water partition coefficient (Wildman–Crippen LogP) is 3.98. The topological polar surface area (TPSA) is 85.0 Å². The van der Waals surface area contributed by atoms with Gasteiger partial charge in [-0.05, 0) is 43.3 Å². The predicted molar refractivity (Wildman–Crippen MR) is 96.4 cm³/mol. The lowest BCUT2D eigenvalue weighted by molar-refractivity contribution is -0.137. The summed E-state index contributed by atoms with van der Waals surface area (Å²) in [5, 5.41) is 12.9. The standard InChI is InChI=1S/C19H14F3N3O3S/c1-13-2-6-17(7-3-13)29(26,27)28-12-15-8-9-25(24-15)16-5-4-14(11-23)18(10-16)19(20,21)22/h2-10H,12H2,1H3. The summed E-state index contributed by atoms with van der Waals surface area (Å²) in [5.74, 6) is 0. The fourth-order valence-corrected chi connectivity index (χ4v) is 3.38. The molecule has 0 saturated carbocycles. The molecule has 0 atom stereocenters. The molecule has 0 bridgehead atoms. The molecule has 0 fully saturated rings. The molecule has 0 spiro atoms. The molecule has 3 rings (SSSR count). The molecule has 0 amide bonds. The van der Waals surface area contributed by atoms with Gasteiger partial charge < -0.3 is 0 Å². The number of aromatic nitrogens is 2. The van der Waals surface area contributed by atoms with Gasteiger partial charge in [0.05, 0.1) is 33.5 Å². The Morgan fingerprint density at radius 2 is 1.83 bits per heavy atom. The maximum atomic E-state index is 13.1. The van der Waals surface area contributed by atoms with Crippen molar-refractivity contribution in [2.45, 2.75) is 24.6 Å². The summed E-state index contributed by atoms with van der Waals surface area (Å²) >= 11 is 0. The minimum absolute atomic E-state index is 0.00977. The van der Waals surface area contributed by atoms with Gasteiger partial charge in [0.25, 0.3) is 10.1 Å². The Kier molecular flexibility index (Phi) is 5.46. The third kappa shape index (κ3) is 4.64. The highest BCUT2D eigenvalue weighted by Crippen LogP contribution is 2.33. The highest BCUT2D eigenvalue weighted by molar-refractivity contribution is 7.86. The molecule has 150 valence electrons. The van der Waals surface area contributed by atoms with Crippen LogP contribution in [-0.2, 0) is 27.1 Å². The lowest BCUT2D eigenvalue weighted by atomic mass is 10.1. The van der Waals surface area contributed by atoms with E-state index < -0.39 is 27.4 Å². The van der Waals surface area contributed by atoms with Gasteiger partial charge in [-0.1, -0.05) is 17.7 Å². The average molecular weight is 421 g/mol. The molecule has 1 aromatic heterocycles. The van der Waals surface area contributed by atoms with E-state index in [1.165, 1.54) is 36.5 Å². The third-order valence-electron chi connectivity index (χ3n) is 4.01. The SMILES string of the molecule is Cc1ccc(S(=O)(=O)OCc2ccn(-c3ccc(C#N)c(C(F)(F)F)c3)n2)cc1. The Bertz CT molecular complexity index is 1180. The molecule has 1 heterocycles. The van der Waals surface area contributed by atoms with E-state index in [1.54, 1.807) is 12.1 Å². The number of nitrogens with zero attached hydrogens (tertiary/aromatic N) is 3. The van der Waals surface area contributed by atoms with Crippen LogP contribution in [0.15, 0.2) is 59.6 Å². The number of nitriles is 1. The molecule has 10 heteroatoms. The Labute approximate surface area is 164 Å². The van der Waals surface area contributed by atoms with E-state index in [1.807, 2.05) is 6.92 Å². The highest BCUT2D eigenvalue weighted by Gasteiger charge is 2.34. The van der Waals surface area contributed by atoms with E-state index in [0.717, 1.165) is 22.4 Å². The molecule has 0 saturated heterocycles. The van der Waals surface area contributed by atoms with Crippen molar-refractivity contribution in [2.75, 3.05) is 0 Å². The van der Waals surface area contributed by atoms with Gasteiger partial charge in [-0.3, -0.25) is 4.18 Å². The molecular formula is C19H14F3N3O3S. The maximum absolute atomic E-state index is 13.1. The quantitative estimate of drug-likeness (QED) is 0.582. The molecule has 0 aliphatic carbocycles. The van der Waals surface area contributed by atoms with Crippen LogP contribution in [0.4, 0.5) is 13.2 Å². The van der Waals surface area contributed by atoms with Gasteiger partial charge in [-0.25, -0.2) is 4.68 Å². The average Bonchev–Trinajstić information content (AvgIpc) is 3.15. The first kappa shape index (κ1) is 20.6. The number of hydrogen-bond acceptors (Lipinski definition) is 5. The molecule has 3 aromatic rings. The fourth-order valence-electron chi connectivity index (χ4n) is 2.50. The summed E-state index contributed by atoms with van der Waals surface area (Å²) in [4.78, 5) is -0.00977. The summed E-state index contributed by atoms with van der Waals surface area (Å²) in [6.07, 6.45) is -3.32. The first-order valence-corrected chi connectivity index (χ1v) is 9.63. The van der Waals surface area contributed by atoms with Crippen molar-refractivity contribution in [2.24, 2.45) is 0 Å². The zero-order valence-electron chi connectivity index (χ0n) is 15.0. The van der Waals surface area contributed by atoms with Crippen molar-refractivity contribution in [1.82, 2.24) is 9.78 Å². The summed E-state index contributed by atoms with van der Waals surface area (Å²) in [5.41, 5.74) is -0.403. The third-order valence-corrected chi connectivity index (χ3v) is 5.29. The van der Waals surface area contributed by atoms with Crippen LogP contribution in [0, 0.1) is 18.3 Å². The van der Waals surface area contributed by atoms with Crippen molar-refractivity contribution >= 4 is 10.1 Å². The molecule has 2 aromatic carbocycles. The summed E-state index contributed by atoms with van der Waals surface area (Å²) in [7, 11) is -4.00. The second-order valence-corrected chi connectivity index (χ2v) is 7.74. The Balaban J connectivity index is 1.79. The van der Waals surface area contributed by atoms with E-state index in [2.05, 4.69) is 5.10 Å². The van der Waals surface area contributed by atoms with Crippen LogP contribution in [0.3, 0.4) is 0 Å². The van der Waals surface area contributed by atoms with Crippen LogP contribution in [0.2, 0.25) is 0 Å². The van der Waals surface area contributed by atoms with Gasteiger partial charge in [0.2, 0.25) is 0 Å². The van der Waals surface area contributed by atoms with Crippen LogP contribution in [0.25, 0.3) is 5.69 Å². The second-order valence-electron chi connectivity index (χ2n) is 6.12. The van der Waals surface area contributed by atoms with Gasteiger partial charge in [0.15, 0.2) is 0 Å². The summed E-state index contributed by atoms with van der Waals surface area (Å²) < 4.78 is 69.9. The lowest BCUT2D eigenvalue weighted by Crippen LogP contribution is -2.10. The molecule has 0 aliphatic rings. The van der Waals surface area contributed by atoms with Crippen LogP contribution in [0.1, 0.15) is 22.4 Å². The van der Waals surface area contributed by atoms with Crippen molar-refractivity contribution in [3.63, 3.8) is 0 Å². The highest BCUT2D eigenvalue weighted by atomic mass is 32.2. The van der Waals surface area contributed by atoms with Crippen molar-refractivity contribution < 1.29 is 25.8 Å². The van der Waals surface area contributed by atoms with E-state index in [4.69, 9.17) is 9.44 Å².